The van der Waals surface area contributed by atoms with Gasteiger partial charge in [-0.15, -0.1) is 11.3 Å². The monoisotopic (exact) mass is 397 g/mol. The van der Waals surface area contributed by atoms with Crippen LogP contribution >= 0.6 is 11.3 Å². The van der Waals surface area contributed by atoms with Crippen LogP contribution in [-0.2, 0) is 9.53 Å². The predicted octanol–water partition coefficient (Wildman–Crippen LogP) is 4.78. The lowest BCUT2D eigenvalue weighted by atomic mass is 9.48. The molecule has 0 radical (unpaired) electrons. The third-order valence-electron chi connectivity index (χ3n) is 7.34. The van der Waals surface area contributed by atoms with Crippen LogP contribution in [0.1, 0.15) is 55.1 Å². The molecule has 4 nitrogen and oxygen atoms in total. The molecule has 6 rings (SSSR count). The lowest BCUT2D eigenvalue weighted by molar-refractivity contribution is -0.128. The molecule has 4 saturated carbocycles. The average molecular weight is 398 g/mol. The van der Waals surface area contributed by atoms with Gasteiger partial charge in [0.15, 0.2) is 6.61 Å². The fourth-order valence-electron chi connectivity index (χ4n) is 6.43. The van der Waals surface area contributed by atoms with Crippen LogP contribution in [0.15, 0.2) is 30.3 Å². The Kier molecular flexibility index (Phi) is 4.46. The summed E-state index contributed by atoms with van der Waals surface area (Å²) in [4.78, 5) is 25.3. The number of esters is 1. The molecule has 1 amide bonds. The number of hydrogen-bond donors (Lipinski definition) is 1. The molecule has 4 aliphatic rings. The highest BCUT2D eigenvalue weighted by Crippen LogP contribution is 2.61. The van der Waals surface area contributed by atoms with Crippen molar-refractivity contribution in [1.82, 2.24) is 5.32 Å². The molecule has 0 saturated heterocycles. The molecule has 1 aromatic carbocycles. The maximum absolute atomic E-state index is 12.5. The zero-order valence-corrected chi connectivity index (χ0v) is 17.1. The fraction of sp³-hybridized carbons (Fsp3) is 0.565. The summed E-state index contributed by atoms with van der Waals surface area (Å²) < 4.78 is 6.35. The molecule has 0 spiro atoms. The van der Waals surface area contributed by atoms with Gasteiger partial charge in [0.25, 0.3) is 5.91 Å². The van der Waals surface area contributed by atoms with Crippen LogP contribution in [0.5, 0.6) is 0 Å². The molecule has 4 fully saturated rings. The fourth-order valence-corrected chi connectivity index (χ4v) is 7.39. The average Bonchev–Trinajstić information content (AvgIpc) is 3.09. The normalized spacial score (nSPS) is 31.7. The number of nitrogens with one attached hydrogen (secondary N) is 1. The molecule has 0 aliphatic heterocycles. The van der Waals surface area contributed by atoms with E-state index in [2.05, 4.69) is 12.2 Å². The van der Waals surface area contributed by atoms with E-state index in [-0.39, 0.29) is 24.0 Å². The van der Waals surface area contributed by atoms with Crippen LogP contribution in [0, 0.1) is 23.2 Å². The third-order valence-corrected chi connectivity index (χ3v) is 8.44. The number of carbonyl (C=O) groups excluding carboxylic acids is 2. The Morgan fingerprint density at radius 2 is 1.79 bits per heavy atom. The van der Waals surface area contributed by atoms with E-state index in [1.807, 2.05) is 30.3 Å². The Hall–Kier alpha value is -1.88. The SMILES string of the molecule is C[C@H](NC(=O)COC(=O)c1cc2ccccc2s1)C12CC3CC(CC(C3)C1)C2. The highest BCUT2D eigenvalue weighted by atomic mass is 32.1. The summed E-state index contributed by atoms with van der Waals surface area (Å²) in [6.07, 6.45) is 7.94. The van der Waals surface area contributed by atoms with Gasteiger partial charge >= 0.3 is 5.97 Å². The topological polar surface area (TPSA) is 55.4 Å². The Balaban J connectivity index is 1.18. The van der Waals surface area contributed by atoms with Crippen molar-refractivity contribution in [3.63, 3.8) is 0 Å². The molecule has 0 unspecified atom stereocenters. The number of ether oxygens (including phenoxy) is 1. The van der Waals surface area contributed by atoms with E-state index in [0.29, 0.717) is 4.88 Å². The molecule has 148 valence electrons. The van der Waals surface area contributed by atoms with Crippen LogP contribution in [0.25, 0.3) is 10.1 Å². The lowest BCUT2D eigenvalue weighted by Gasteiger charge is -2.59. The van der Waals surface area contributed by atoms with E-state index in [1.54, 1.807) is 0 Å². The maximum Gasteiger partial charge on any atom is 0.348 e. The van der Waals surface area contributed by atoms with Crippen LogP contribution in [-0.4, -0.2) is 24.5 Å². The molecule has 5 heteroatoms. The van der Waals surface area contributed by atoms with Gasteiger partial charge < -0.3 is 10.1 Å². The Morgan fingerprint density at radius 1 is 1.14 bits per heavy atom. The summed E-state index contributed by atoms with van der Waals surface area (Å²) in [5.74, 6) is 1.97. The summed E-state index contributed by atoms with van der Waals surface area (Å²) in [5, 5.41) is 4.18. The first-order valence-corrected chi connectivity index (χ1v) is 11.3. The minimum absolute atomic E-state index is 0.149. The Morgan fingerprint density at radius 3 is 2.43 bits per heavy atom. The highest BCUT2D eigenvalue weighted by Gasteiger charge is 2.53. The molecular formula is C23H27NO3S. The quantitative estimate of drug-likeness (QED) is 0.739. The number of rotatable bonds is 5. The van der Waals surface area contributed by atoms with Gasteiger partial charge in [0, 0.05) is 10.7 Å². The van der Waals surface area contributed by atoms with Gasteiger partial charge in [-0.25, -0.2) is 4.79 Å². The molecule has 28 heavy (non-hydrogen) atoms. The summed E-state index contributed by atoms with van der Waals surface area (Å²) in [6, 6.07) is 9.84. The first-order chi connectivity index (χ1) is 13.5. The van der Waals surface area contributed by atoms with Crippen molar-refractivity contribution in [3.05, 3.63) is 35.2 Å². The molecule has 1 heterocycles. The first kappa shape index (κ1) is 18.2. The number of fused-ring (bicyclic) bond motifs is 1. The number of benzene rings is 1. The van der Waals surface area contributed by atoms with E-state index < -0.39 is 5.97 Å². The van der Waals surface area contributed by atoms with Crippen molar-refractivity contribution >= 4 is 33.3 Å². The summed E-state index contributed by atoms with van der Waals surface area (Å²) in [6.45, 7) is 1.95. The second kappa shape index (κ2) is 6.87. The van der Waals surface area contributed by atoms with E-state index in [4.69, 9.17) is 4.74 Å². The molecule has 2 aromatic rings. The van der Waals surface area contributed by atoms with Crippen molar-refractivity contribution in [3.8, 4) is 0 Å². The molecule has 1 aromatic heterocycles. The largest absolute Gasteiger partial charge is 0.451 e. The zero-order chi connectivity index (χ0) is 19.3. The van der Waals surface area contributed by atoms with Crippen molar-refractivity contribution in [2.45, 2.75) is 51.5 Å². The van der Waals surface area contributed by atoms with E-state index >= 15 is 0 Å². The Bertz CT molecular complexity index is 849. The first-order valence-electron chi connectivity index (χ1n) is 10.5. The smallest absolute Gasteiger partial charge is 0.348 e. The number of hydrogen-bond acceptors (Lipinski definition) is 4. The van der Waals surface area contributed by atoms with Gasteiger partial charge in [0.1, 0.15) is 4.88 Å². The molecule has 1 N–H and O–H groups in total. The molecule has 4 bridgehead atoms. The lowest BCUT2D eigenvalue weighted by Crippen LogP contribution is -2.56. The minimum Gasteiger partial charge on any atom is -0.451 e. The third kappa shape index (κ3) is 3.24. The van der Waals surface area contributed by atoms with E-state index in [9.17, 15) is 9.59 Å². The predicted molar refractivity (Wildman–Crippen MR) is 110 cm³/mol. The van der Waals surface area contributed by atoms with Gasteiger partial charge in [-0.2, -0.15) is 0 Å². The summed E-state index contributed by atoms with van der Waals surface area (Å²) in [7, 11) is 0. The van der Waals surface area contributed by atoms with Gasteiger partial charge in [-0.05, 0) is 86.1 Å². The van der Waals surface area contributed by atoms with E-state index in [0.717, 1.165) is 27.8 Å². The second-order valence-electron chi connectivity index (χ2n) is 9.29. The van der Waals surface area contributed by atoms with Crippen molar-refractivity contribution in [2.24, 2.45) is 23.2 Å². The zero-order valence-electron chi connectivity index (χ0n) is 16.3. The van der Waals surface area contributed by atoms with Crippen molar-refractivity contribution < 1.29 is 14.3 Å². The van der Waals surface area contributed by atoms with Crippen molar-refractivity contribution in [1.29, 1.82) is 0 Å². The highest BCUT2D eigenvalue weighted by molar-refractivity contribution is 7.20. The molecule has 1 atom stereocenters. The standard InChI is InChI=1S/C23H27NO3S/c1-14(23-10-15-6-16(11-23)8-17(7-15)12-23)24-21(25)13-27-22(26)20-9-18-4-2-3-5-19(18)28-20/h2-5,9,14-17H,6-8,10-13H2,1H3,(H,24,25)/t14-,15?,16?,17?,23?/m0/s1. The van der Waals surface area contributed by atoms with Gasteiger partial charge in [-0.3, -0.25) is 4.79 Å². The number of thiophene rings is 1. The van der Waals surface area contributed by atoms with Crippen LogP contribution in [0.4, 0.5) is 0 Å². The Labute approximate surface area is 169 Å². The van der Waals surface area contributed by atoms with Gasteiger partial charge in [0.05, 0.1) is 0 Å². The second-order valence-corrected chi connectivity index (χ2v) is 10.4. The summed E-state index contributed by atoms with van der Waals surface area (Å²) >= 11 is 1.40. The van der Waals surface area contributed by atoms with E-state index in [1.165, 1.54) is 49.9 Å². The maximum atomic E-state index is 12.5. The van der Waals surface area contributed by atoms with Crippen LogP contribution in [0.3, 0.4) is 0 Å². The number of carbonyl (C=O) groups is 2. The van der Waals surface area contributed by atoms with Gasteiger partial charge in [0.2, 0.25) is 0 Å². The molecular weight excluding hydrogens is 370 g/mol. The minimum atomic E-state index is -0.418. The molecule has 4 aliphatic carbocycles. The van der Waals surface area contributed by atoms with Crippen molar-refractivity contribution in [2.75, 3.05) is 6.61 Å². The van der Waals surface area contributed by atoms with Crippen LogP contribution < -0.4 is 5.32 Å². The number of amides is 1. The summed E-state index contributed by atoms with van der Waals surface area (Å²) in [5.41, 5.74) is 0.264. The van der Waals surface area contributed by atoms with Gasteiger partial charge in [-0.1, -0.05) is 18.2 Å². The van der Waals surface area contributed by atoms with Crippen LogP contribution in [0.2, 0.25) is 0 Å².